The first-order valence-corrected chi connectivity index (χ1v) is 9.92. The maximum absolute atomic E-state index is 13.7. The summed E-state index contributed by atoms with van der Waals surface area (Å²) in [7, 11) is 0. The highest BCUT2D eigenvalue weighted by Crippen LogP contribution is 2.24. The SMILES string of the molecule is O=C(Nc1ccc(F)cc1F)C1CCN(Cc2nc(-c3cccc(Cl)c3)no2)CC1. The number of likely N-dealkylation sites (tertiary alicyclic amines) is 1. The molecule has 2 aromatic carbocycles. The first kappa shape index (κ1) is 20.4. The summed E-state index contributed by atoms with van der Waals surface area (Å²) in [5.74, 6) is -1.01. The molecular weight excluding hydrogens is 414 g/mol. The zero-order valence-corrected chi connectivity index (χ0v) is 16.7. The van der Waals surface area contributed by atoms with Crippen molar-refractivity contribution in [2.75, 3.05) is 18.4 Å². The van der Waals surface area contributed by atoms with Crippen molar-refractivity contribution in [1.29, 1.82) is 0 Å². The van der Waals surface area contributed by atoms with Gasteiger partial charge < -0.3 is 9.84 Å². The van der Waals surface area contributed by atoms with Gasteiger partial charge in [-0.25, -0.2) is 8.78 Å². The van der Waals surface area contributed by atoms with E-state index in [0.29, 0.717) is 49.2 Å². The number of aromatic nitrogens is 2. The molecule has 0 saturated carbocycles. The Hall–Kier alpha value is -2.84. The third-order valence-electron chi connectivity index (χ3n) is 5.06. The first-order valence-electron chi connectivity index (χ1n) is 9.55. The number of nitrogens with one attached hydrogen (secondary N) is 1. The lowest BCUT2D eigenvalue weighted by Crippen LogP contribution is -2.37. The number of carbonyl (C=O) groups excluding carboxylic acids is 1. The van der Waals surface area contributed by atoms with E-state index in [4.69, 9.17) is 16.1 Å². The number of rotatable bonds is 5. The quantitative estimate of drug-likeness (QED) is 0.642. The number of hydrogen-bond acceptors (Lipinski definition) is 5. The van der Waals surface area contributed by atoms with Crippen molar-refractivity contribution in [1.82, 2.24) is 15.0 Å². The minimum atomic E-state index is -0.785. The molecule has 3 aromatic rings. The van der Waals surface area contributed by atoms with Crippen molar-refractivity contribution in [3.63, 3.8) is 0 Å². The normalized spacial score (nSPS) is 15.3. The molecule has 4 rings (SSSR count). The summed E-state index contributed by atoms with van der Waals surface area (Å²) in [6, 6.07) is 10.3. The smallest absolute Gasteiger partial charge is 0.241 e. The third-order valence-corrected chi connectivity index (χ3v) is 5.29. The van der Waals surface area contributed by atoms with E-state index in [1.807, 2.05) is 12.1 Å². The van der Waals surface area contributed by atoms with E-state index in [9.17, 15) is 13.6 Å². The van der Waals surface area contributed by atoms with Crippen LogP contribution >= 0.6 is 11.6 Å². The zero-order valence-electron chi connectivity index (χ0n) is 15.9. The minimum Gasteiger partial charge on any atom is -0.338 e. The number of hydrogen-bond donors (Lipinski definition) is 1. The number of anilines is 1. The van der Waals surface area contributed by atoms with Gasteiger partial charge in [0.2, 0.25) is 17.6 Å². The predicted molar refractivity (Wildman–Crippen MR) is 108 cm³/mol. The highest BCUT2D eigenvalue weighted by atomic mass is 35.5. The largest absolute Gasteiger partial charge is 0.338 e. The van der Waals surface area contributed by atoms with Gasteiger partial charge in [0.05, 0.1) is 12.2 Å². The minimum absolute atomic E-state index is 0.0109. The second kappa shape index (κ2) is 8.89. The van der Waals surface area contributed by atoms with Crippen LogP contribution in [0.2, 0.25) is 5.02 Å². The average Bonchev–Trinajstić information content (AvgIpc) is 3.19. The molecule has 1 aromatic heterocycles. The third kappa shape index (κ3) is 4.83. The van der Waals surface area contributed by atoms with E-state index in [-0.39, 0.29) is 17.5 Å². The summed E-state index contributed by atoms with van der Waals surface area (Å²) in [6.07, 6.45) is 1.23. The summed E-state index contributed by atoms with van der Waals surface area (Å²) >= 11 is 6.00. The van der Waals surface area contributed by atoms with Crippen LogP contribution < -0.4 is 5.32 Å². The van der Waals surface area contributed by atoms with E-state index >= 15 is 0 Å². The van der Waals surface area contributed by atoms with Crippen molar-refractivity contribution < 1.29 is 18.1 Å². The van der Waals surface area contributed by atoms with E-state index in [0.717, 1.165) is 17.7 Å². The molecule has 6 nitrogen and oxygen atoms in total. The Morgan fingerprint density at radius 1 is 1.20 bits per heavy atom. The van der Waals surface area contributed by atoms with Gasteiger partial charge in [0.15, 0.2) is 0 Å². The molecule has 0 aliphatic carbocycles. The molecule has 1 aliphatic rings. The molecular formula is C21H19ClF2N4O2. The number of piperidine rings is 1. The van der Waals surface area contributed by atoms with Crippen LogP contribution in [-0.4, -0.2) is 34.0 Å². The van der Waals surface area contributed by atoms with Crippen LogP contribution in [0, 0.1) is 17.6 Å². The Kier molecular flexibility index (Phi) is 6.06. The van der Waals surface area contributed by atoms with Gasteiger partial charge in [-0.15, -0.1) is 0 Å². The first-order chi connectivity index (χ1) is 14.5. The van der Waals surface area contributed by atoms with Gasteiger partial charge in [-0.2, -0.15) is 4.98 Å². The van der Waals surface area contributed by atoms with Gasteiger partial charge in [-0.1, -0.05) is 28.9 Å². The molecule has 0 bridgehead atoms. The van der Waals surface area contributed by atoms with E-state index in [1.54, 1.807) is 12.1 Å². The molecule has 1 aliphatic heterocycles. The second-order valence-electron chi connectivity index (χ2n) is 7.19. The van der Waals surface area contributed by atoms with Crippen molar-refractivity contribution in [2.45, 2.75) is 19.4 Å². The van der Waals surface area contributed by atoms with Gasteiger partial charge in [0.25, 0.3) is 0 Å². The molecule has 0 radical (unpaired) electrons. The fourth-order valence-corrected chi connectivity index (χ4v) is 3.62. The number of amides is 1. The van der Waals surface area contributed by atoms with Gasteiger partial charge in [0, 0.05) is 22.6 Å². The maximum Gasteiger partial charge on any atom is 0.241 e. The van der Waals surface area contributed by atoms with Crippen LogP contribution in [0.3, 0.4) is 0 Å². The van der Waals surface area contributed by atoms with E-state index in [2.05, 4.69) is 20.4 Å². The van der Waals surface area contributed by atoms with Gasteiger partial charge in [-0.05, 0) is 50.2 Å². The second-order valence-corrected chi connectivity index (χ2v) is 7.62. The molecule has 0 spiro atoms. The molecule has 156 valence electrons. The zero-order chi connectivity index (χ0) is 21.1. The topological polar surface area (TPSA) is 71.3 Å². The molecule has 30 heavy (non-hydrogen) atoms. The molecule has 1 fully saturated rings. The fourth-order valence-electron chi connectivity index (χ4n) is 3.43. The van der Waals surface area contributed by atoms with Crippen LogP contribution in [0.25, 0.3) is 11.4 Å². The lowest BCUT2D eigenvalue weighted by molar-refractivity contribution is -0.121. The van der Waals surface area contributed by atoms with Crippen LogP contribution in [0.1, 0.15) is 18.7 Å². The van der Waals surface area contributed by atoms with E-state index in [1.165, 1.54) is 6.07 Å². The molecule has 1 N–H and O–H groups in total. The lowest BCUT2D eigenvalue weighted by atomic mass is 9.96. The molecule has 9 heteroatoms. The number of halogens is 3. The average molecular weight is 433 g/mol. The summed E-state index contributed by atoms with van der Waals surface area (Å²) in [5, 5.41) is 7.14. The van der Waals surface area contributed by atoms with Crippen LogP contribution in [0.15, 0.2) is 47.0 Å². The predicted octanol–water partition coefficient (Wildman–Crippen LogP) is 4.52. The Balaban J connectivity index is 1.30. The molecule has 0 atom stereocenters. The van der Waals surface area contributed by atoms with Gasteiger partial charge in [-0.3, -0.25) is 9.69 Å². The maximum atomic E-state index is 13.7. The van der Waals surface area contributed by atoms with Crippen molar-refractivity contribution in [3.05, 3.63) is 65.0 Å². The summed E-state index contributed by atoms with van der Waals surface area (Å²) in [5.41, 5.74) is 0.768. The van der Waals surface area contributed by atoms with Crippen LogP contribution in [0.5, 0.6) is 0 Å². The number of nitrogens with zero attached hydrogens (tertiary/aromatic N) is 3. The summed E-state index contributed by atoms with van der Waals surface area (Å²) in [4.78, 5) is 19.0. The van der Waals surface area contributed by atoms with Crippen LogP contribution in [-0.2, 0) is 11.3 Å². The molecule has 2 heterocycles. The van der Waals surface area contributed by atoms with Crippen molar-refractivity contribution in [3.8, 4) is 11.4 Å². The van der Waals surface area contributed by atoms with Crippen molar-refractivity contribution in [2.24, 2.45) is 5.92 Å². The highest BCUT2D eigenvalue weighted by Gasteiger charge is 2.26. The Labute approximate surface area is 176 Å². The fraction of sp³-hybridized carbons (Fsp3) is 0.286. The summed E-state index contributed by atoms with van der Waals surface area (Å²) < 4.78 is 32.1. The summed E-state index contributed by atoms with van der Waals surface area (Å²) in [6.45, 7) is 1.81. The standard InChI is InChI=1S/C21H19ClF2N4O2/c22-15-3-1-2-14(10-15)20-26-19(30-27-20)12-28-8-6-13(7-9-28)21(29)25-18-5-4-16(23)11-17(18)24/h1-5,10-11,13H,6-9,12H2,(H,25,29). The Morgan fingerprint density at radius 3 is 2.73 bits per heavy atom. The Bertz CT molecular complexity index is 1050. The molecule has 1 amide bonds. The number of carbonyl (C=O) groups is 1. The Morgan fingerprint density at radius 2 is 2.00 bits per heavy atom. The van der Waals surface area contributed by atoms with Gasteiger partial charge >= 0.3 is 0 Å². The van der Waals surface area contributed by atoms with Crippen molar-refractivity contribution >= 4 is 23.2 Å². The monoisotopic (exact) mass is 432 g/mol. The van der Waals surface area contributed by atoms with Crippen LogP contribution in [0.4, 0.5) is 14.5 Å². The molecule has 0 unspecified atom stereocenters. The van der Waals surface area contributed by atoms with E-state index < -0.39 is 11.6 Å². The number of benzene rings is 2. The van der Waals surface area contributed by atoms with Gasteiger partial charge in [0.1, 0.15) is 11.6 Å². The lowest BCUT2D eigenvalue weighted by Gasteiger charge is -2.30. The highest BCUT2D eigenvalue weighted by molar-refractivity contribution is 6.30. The molecule has 1 saturated heterocycles.